The highest BCUT2D eigenvalue weighted by Gasteiger charge is 2.14. The number of aliphatic hydroxyl groups is 1. The fourth-order valence-corrected chi connectivity index (χ4v) is 1.93. The molecule has 0 aromatic heterocycles. The van der Waals surface area contributed by atoms with E-state index in [0.717, 1.165) is 26.2 Å². The molecule has 3 nitrogen and oxygen atoms in total. The van der Waals surface area contributed by atoms with E-state index in [4.69, 9.17) is 4.74 Å². The van der Waals surface area contributed by atoms with E-state index in [1.807, 2.05) is 0 Å². The van der Waals surface area contributed by atoms with Crippen LogP contribution in [0, 0.1) is 5.92 Å². The Balaban J connectivity index is 2.03. The van der Waals surface area contributed by atoms with Gasteiger partial charge < -0.3 is 14.7 Å². The molecule has 1 heterocycles. The van der Waals surface area contributed by atoms with Crippen LogP contribution in [0.5, 0.6) is 0 Å². The first-order valence-electron chi connectivity index (χ1n) is 6.16. The molecule has 0 aliphatic carbocycles. The molecule has 0 saturated carbocycles. The van der Waals surface area contributed by atoms with E-state index in [-0.39, 0.29) is 6.10 Å². The highest BCUT2D eigenvalue weighted by molar-refractivity contribution is 4.68. The number of nitrogens with zero attached hydrogens (tertiary/aromatic N) is 1. The van der Waals surface area contributed by atoms with Gasteiger partial charge in [-0.15, -0.1) is 0 Å². The number of β-amino-alcohol motifs (C(OH)–C–C–N with tert-alkyl or cyclic N) is 1. The van der Waals surface area contributed by atoms with Crippen LogP contribution in [0.25, 0.3) is 0 Å². The largest absolute Gasteiger partial charge is 0.389 e. The Kier molecular flexibility index (Phi) is 6.22. The fourth-order valence-electron chi connectivity index (χ4n) is 1.93. The van der Waals surface area contributed by atoms with Crippen molar-refractivity contribution in [3.05, 3.63) is 0 Å². The lowest BCUT2D eigenvalue weighted by Gasteiger charge is -2.28. The summed E-state index contributed by atoms with van der Waals surface area (Å²) in [5, 5.41) is 9.75. The molecule has 1 rings (SSSR count). The molecule has 0 spiro atoms. The molecular formula is C12H25NO2. The second-order valence-corrected chi connectivity index (χ2v) is 4.95. The maximum absolute atomic E-state index is 9.75. The first-order valence-corrected chi connectivity index (χ1v) is 6.16. The summed E-state index contributed by atoms with van der Waals surface area (Å²) >= 11 is 0. The minimum atomic E-state index is -0.318. The quantitative estimate of drug-likeness (QED) is 0.729. The van der Waals surface area contributed by atoms with Crippen molar-refractivity contribution < 1.29 is 9.84 Å². The summed E-state index contributed by atoms with van der Waals surface area (Å²) in [6.45, 7) is 8.53. The summed E-state index contributed by atoms with van der Waals surface area (Å²) in [4.78, 5) is 2.34. The molecule has 0 aromatic rings. The van der Waals surface area contributed by atoms with Crippen LogP contribution in [0.2, 0.25) is 0 Å². The maximum Gasteiger partial charge on any atom is 0.0900 e. The predicted molar refractivity (Wildman–Crippen MR) is 62.0 cm³/mol. The van der Waals surface area contributed by atoms with Gasteiger partial charge in [0, 0.05) is 13.2 Å². The van der Waals surface area contributed by atoms with E-state index in [1.165, 1.54) is 19.3 Å². The Morgan fingerprint density at radius 1 is 1.13 bits per heavy atom. The van der Waals surface area contributed by atoms with Crippen LogP contribution in [-0.4, -0.2) is 49.0 Å². The molecule has 3 heteroatoms. The molecule has 1 saturated heterocycles. The summed E-state index contributed by atoms with van der Waals surface area (Å²) in [5.41, 5.74) is 0. The summed E-state index contributed by atoms with van der Waals surface area (Å²) in [5.74, 6) is 0.548. The normalized spacial score (nSPS) is 20.8. The first kappa shape index (κ1) is 12.9. The van der Waals surface area contributed by atoms with Gasteiger partial charge in [-0.3, -0.25) is 0 Å². The Morgan fingerprint density at radius 3 is 2.40 bits per heavy atom. The summed E-state index contributed by atoms with van der Waals surface area (Å²) in [7, 11) is 0. The molecule has 0 radical (unpaired) electrons. The molecule has 1 N–H and O–H groups in total. The third kappa shape index (κ3) is 6.13. The first-order chi connectivity index (χ1) is 7.18. The number of hydrogen-bond donors (Lipinski definition) is 1. The topological polar surface area (TPSA) is 32.7 Å². The van der Waals surface area contributed by atoms with E-state index in [1.54, 1.807) is 0 Å². The second kappa shape index (κ2) is 7.20. The fraction of sp³-hybridized carbons (Fsp3) is 1.00. The van der Waals surface area contributed by atoms with Gasteiger partial charge >= 0.3 is 0 Å². The number of piperidine rings is 1. The van der Waals surface area contributed by atoms with Crippen LogP contribution in [0.4, 0.5) is 0 Å². The average Bonchev–Trinajstić information content (AvgIpc) is 2.18. The van der Waals surface area contributed by atoms with Gasteiger partial charge in [0.1, 0.15) is 0 Å². The van der Waals surface area contributed by atoms with Gasteiger partial charge in [-0.25, -0.2) is 0 Å². The number of rotatable bonds is 6. The summed E-state index contributed by atoms with van der Waals surface area (Å²) in [6, 6.07) is 0. The number of likely N-dealkylation sites (tertiary alicyclic amines) is 1. The second-order valence-electron chi connectivity index (χ2n) is 4.95. The molecule has 1 fully saturated rings. The molecule has 0 unspecified atom stereocenters. The minimum Gasteiger partial charge on any atom is -0.389 e. The van der Waals surface area contributed by atoms with Crippen molar-refractivity contribution in [2.75, 3.05) is 32.8 Å². The molecule has 0 bridgehead atoms. The minimum absolute atomic E-state index is 0.318. The van der Waals surface area contributed by atoms with E-state index in [2.05, 4.69) is 18.7 Å². The van der Waals surface area contributed by atoms with Crippen molar-refractivity contribution in [2.24, 2.45) is 5.92 Å². The van der Waals surface area contributed by atoms with Gasteiger partial charge in [-0.05, 0) is 31.8 Å². The molecule has 0 aromatic carbocycles. The predicted octanol–water partition coefficient (Wildman–Crippen LogP) is 1.51. The number of hydrogen-bond acceptors (Lipinski definition) is 3. The third-order valence-corrected chi connectivity index (χ3v) is 2.68. The molecule has 1 atom stereocenters. The lowest BCUT2D eigenvalue weighted by Crippen LogP contribution is -2.38. The van der Waals surface area contributed by atoms with Gasteiger partial charge in [0.25, 0.3) is 0 Å². The van der Waals surface area contributed by atoms with Crippen LogP contribution in [0.3, 0.4) is 0 Å². The summed E-state index contributed by atoms with van der Waals surface area (Å²) < 4.78 is 5.42. The van der Waals surface area contributed by atoms with Crippen molar-refractivity contribution in [1.29, 1.82) is 0 Å². The van der Waals surface area contributed by atoms with Crippen LogP contribution in [0.1, 0.15) is 33.1 Å². The Labute approximate surface area is 93.4 Å². The van der Waals surface area contributed by atoms with Crippen LogP contribution < -0.4 is 0 Å². The third-order valence-electron chi connectivity index (χ3n) is 2.68. The van der Waals surface area contributed by atoms with Gasteiger partial charge in [-0.1, -0.05) is 20.3 Å². The van der Waals surface area contributed by atoms with E-state index in [9.17, 15) is 5.11 Å². The van der Waals surface area contributed by atoms with Crippen molar-refractivity contribution in [1.82, 2.24) is 4.90 Å². The smallest absolute Gasteiger partial charge is 0.0900 e. The van der Waals surface area contributed by atoms with Crippen molar-refractivity contribution >= 4 is 0 Å². The Bertz CT molecular complexity index is 156. The summed E-state index contributed by atoms with van der Waals surface area (Å²) in [6.07, 6.45) is 3.58. The van der Waals surface area contributed by atoms with Crippen LogP contribution in [-0.2, 0) is 4.74 Å². The van der Waals surface area contributed by atoms with Crippen molar-refractivity contribution in [2.45, 2.75) is 39.2 Å². The monoisotopic (exact) mass is 215 g/mol. The highest BCUT2D eigenvalue weighted by Crippen LogP contribution is 2.09. The van der Waals surface area contributed by atoms with Crippen molar-refractivity contribution in [3.63, 3.8) is 0 Å². The van der Waals surface area contributed by atoms with E-state index in [0.29, 0.717) is 12.5 Å². The van der Waals surface area contributed by atoms with Crippen LogP contribution >= 0.6 is 0 Å². The molecule has 0 amide bonds. The van der Waals surface area contributed by atoms with Crippen LogP contribution in [0.15, 0.2) is 0 Å². The molecule has 15 heavy (non-hydrogen) atoms. The van der Waals surface area contributed by atoms with E-state index >= 15 is 0 Å². The zero-order chi connectivity index (χ0) is 11.1. The molecule has 1 aliphatic heterocycles. The number of aliphatic hydroxyl groups excluding tert-OH is 1. The van der Waals surface area contributed by atoms with Gasteiger partial charge in [0.05, 0.1) is 12.7 Å². The molecule has 1 aliphatic rings. The lowest BCUT2D eigenvalue weighted by molar-refractivity contribution is 0.00556. The zero-order valence-electron chi connectivity index (χ0n) is 10.1. The van der Waals surface area contributed by atoms with Gasteiger partial charge in [0.2, 0.25) is 0 Å². The standard InChI is InChI=1S/C12H25NO2/c1-11(2)9-15-10-12(14)8-13-6-4-3-5-7-13/h11-12,14H,3-10H2,1-2H3/t12-/m1/s1. The van der Waals surface area contributed by atoms with Crippen molar-refractivity contribution in [3.8, 4) is 0 Å². The molecule has 90 valence electrons. The Hall–Kier alpha value is -0.120. The van der Waals surface area contributed by atoms with Gasteiger partial charge in [-0.2, -0.15) is 0 Å². The zero-order valence-corrected chi connectivity index (χ0v) is 10.1. The number of ether oxygens (including phenoxy) is 1. The molecular weight excluding hydrogens is 190 g/mol. The Morgan fingerprint density at radius 2 is 1.80 bits per heavy atom. The average molecular weight is 215 g/mol. The maximum atomic E-state index is 9.75. The lowest BCUT2D eigenvalue weighted by atomic mass is 10.1. The van der Waals surface area contributed by atoms with Gasteiger partial charge in [0.15, 0.2) is 0 Å². The SMILES string of the molecule is CC(C)COC[C@H](O)CN1CCCCC1. The highest BCUT2D eigenvalue weighted by atomic mass is 16.5. The van der Waals surface area contributed by atoms with E-state index < -0.39 is 0 Å².